The maximum atomic E-state index is 10.7. The van der Waals surface area contributed by atoms with Crippen LogP contribution in [0.25, 0.3) is 0 Å². The van der Waals surface area contributed by atoms with Crippen LogP contribution in [0, 0.1) is 0 Å². The molecule has 1 aromatic carbocycles. The van der Waals surface area contributed by atoms with Gasteiger partial charge < -0.3 is 5.11 Å². The van der Waals surface area contributed by atoms with Gasteiger partial charge in [0.05, 0.1) is 0 Å². The molecule has 1 aromatic heterocycles. The lowest BCUT2D eigenvalue weighted by molar-refractivity contribution is -0.138. The normalized spacial score (nSPS) is 21.3. The SMILES string of the molecule is O=C(O)Cn1nnnc1SC1CC1c1ccccc1. The number of aromatic nitrogens is 4. The lowest BCUT2D eigenvalue weighted by Gasteiger charge is -2.01. The molecule has 1 aliphatic rings. The van der Waals surface area contributed by atoms with Crippen LogP contribution in [0.15, 0.2) is 35.5 Å². The molecule has 0 bridgehead atoms. The molecule has 1 aliphatic carbocycles. The maximum Gasteiger partial charge on any atom is 0.325 e. The molecule has 1 fully saturated rings. The van der Waals surface area contributed by atoms with E-state index in [1.807, 2.05) is 18.2 Å². The molecule has 0 saturated heterocycles. The van der Waals surface area contributed by atoms with Gasteiger partial charge in [0.25, 0.3) is 0 Å². The molecule has 7 heteroatoms. The Morgan fingerprint density at radius 1 is 1.42 bits per heavy atom. The van der Waals surface area contributed by atoms with Crippen molar-refractivity contribution in [2.24, 2.45) is 0 Å². The summed E-state index contributed by atoms with van der Waals surface area (Å²) in [5.74, 6) is -0.425. The predicted molar refractivity (Wildman–Crippen MR) is 68.9 cm³/mol. The van der Waals surface area contributed by atoms with E-state index in [4.69, 9.17) is 5.11 Å². The average Bonchev–Trinajstić information content (AvgIpc) is 3.04. The number of thioether (sulfide) groups is 1. The van der Waals surface area contributed by atoms with Crippen LogP contribution in [-0.4, -0.2) is 36.5 Å². The van der Waals surface area contributed by atoms with Crippen molar-refractivity contribution in [3.63, 3.8) is 0 Å². The van der Waals surface area contributed by atoms with Crippen LogP contribution < -0.4 is 0 Å². The maximum absolute atomic E-state index is 10.7. The van der Waals surface area contributed by atoms with Gasteiger partial charge in [0.1, 0.15) is 6.54 Å². The summed E-state index contributed by atoms with van der Waals surface area (Å²) >= 11 is 1.55. The summed E-state index contributed by atoms with van der Waals surface area (Å²) in [6, 6.07) is 10.3. The van der Waals surface area contributed by atoms with Gasteiger partial charge in [-0.05, 0) is 28.3 Å². The summed E-state index contributed by atoms with van der Waals surface area (Å²) < 4.78 is 1.33. The fraction of sp³-hybridized carbons (Fsp3) is 0.333. The van der Waals surface area contributed by atoms with E-state index in [9.17, 15) is 4.79 Å². The molecule has 0 radical (unpaired) electrons. The summed E-state index contributed by atoms with van der Waals surface area (Å²) in [6.07, 6.45) is 1.08. The van der Waals surface area contributed by atoms with Crippen LogP contribution in [0.4, 0.5) is 0 Å². The van der Waals surface area contributed by atoms with E-state index in [1.54, 1.807) is 11.8 Å². The molecule has 98 valence electrons. The molecule has 2 aromatic rings. The van der Waals surface area contributed by atoms with Crippen LogP contribution in [0.5, 0.6) is 0 Å². The van der Waals surface area contributed by atoms with E-state index in [0.29, 0.717) is 16.3 Å². The quantitative estimate of drug-likeness (QED) is 0.889. The van der Waals surface area contributed by atoms with Gasteiger partial charge in [-0.2, -0.15) is 0 Å². The number of aliphatic carboxylic acids is 1. The number of hydrogen-bond donors (Lipinski definition) is 1. The van der Waals surface area contributed by atoms with Crippen LogP contribution in [0.2, 0.25) is 0 Å². The molecule has 2 atom stereocenters. The van der Waals surface area contributed by atoms with Crippen molar-refractivity contribution in [2.45, 2.75) is 29.3 Å². The number of hydrogen-bond acceptors (Lipinski definition) is 5. The third-order valence-corrected chi connectivity index (χ3v) is 4.33. The first kappa shape index (κ1) is 12.2. The van der Waals surface area contributed by atoms with Crippen LogP contribution in [-0.2, 0) is 11.3 Å². The largest absolute Gasteiger partial charge is 0.480 e. The van der Waals surface area contributed by atoms with E-state index < -0.39 is 5.97 Å². The number of carbonyl (C=O) groups is 1. The van der Waals surface area contributed by atoms with Crippen molar-refractivity contribution in [2.75, 3.05) is 0 Å². The lowest BCUT2D eigenvalue weighted by atomic mass is 10.1. The second-order valence-corrected chi connectivity index (χ2v) is 5.63. The van der Waals surface area contributed by atoms with Crippen molar-refractivity contribution in [3.05, 3.63) is 35.9 Å². The van der Waals surface area contributed by atoms with Crippen molar-refractivity contribution < 1.29 is 9.90 Å². The summed E-state index contributed by atoms with van der Waals surface area (Å²) in [4.78, 5) is 10.7. The Hall–Kier alpha value is -1.89. The number of nitrogens with zero attached hydrogens (tertiary/aromatic N) is 4. The number of tetrazole rings is 1. The molecule has 1 N–H and O–H groups in total. The standard InChI is InChI=1S/C12H12N4O2S/c17-11(18)7-16-12(13-14-15-16)19-10-6-9(10)8-4-2-1-3-5-8/h1-5,9-10H,6-7H2,(H,17,18). The van der Waals surface area contributed by atoms with Crippen LogP contribution >= 0.6 is 11.8 Å². The van der Waals surface area contributed by atoms with Gasteiger partial charge in [-0.3, -0.25) is 4.79 Å². The molecule has 3 rings (SSSR count). The second-order valence-electron chi connectivity index (χ2n) is 4.42. The van der Waals surface area contributed by atoms with Crippen LogP contribution in [0.1, 0.15) is 17.9 Å². The first-order chi connectivity index (χ1) is 9.24. The van der Waals surface area contributed by atoms with Gasteiger partial charge >= 0.3 is 5.97 Å². The fourth-order valence-electron chi connectivity index (χ4n) is 2.00. The third kappa shape index (κ3) is 2.76. The summed E-state index contributed by atoms with van der Waals surface area (Å²) in [6.45, 7) is -0.196. The highest BCUT2D eigenvalue weighted by molar-refractivity contribution is 8.00. The Bertz CT molecular complexity index is 586. The van der Waals surface area contributed by atoms with E-state index in [-0.39, 0.29) is 6.54 Å². The zero-order valence-electron chi connectivity index (χ0n) is 10.0. The van der Waals surface area contributed by atoms with Crippen molar-refractivity contribution in [1.82, 2.24) is 20.2 Å². The highest BCUT2D eigenvalue weighted by Crippen LogP contribution is 2.50. The molecular weight excluding hydrogens is 264 g/mol. The summed E-state index contributed by atoms with van der Waals surface area (Å²) in [5, 5.41) is 20.9. The van der Waals surface area contributed by atoms with E-state index in [2.05, 4.69) is 27.7 Å². The van der Waals surface area contributed by atoms with Gasteiger partial charge in [-0.15, -0.1) is 5.10 Å². The Balaban J connectivity index is 1.65. The smallest absolute Gasteiger partial charge is 0.325 e. The minimum absolute atomic E-state index is 0.196. The van der Waals surface area contributed by atoms with Gasteiger partial charge in [-0.25, -0.2) is 4.68 Å². The first-order valence-electron chi connectivity index (χ1n) is 5.93. The molecule has 0 amide bonds. The Labute approximate surface area is 113 Å². The Morgan fingerprint density at radius 2 is 2.21 bits per heavy atom. The molecule has 2 unspecified atom stereocenters. The number of benzene rings is 1. The predicted octanol–water partition coefficient (Wildman–Crippen LogP) is 1.41. The molecular formula is C12H12N4O2S. The molecule has 1 heterocycles. The number of carboxylic acid groups (broad SMARTS) is 1. The fourth-order valence-corrected chi connectivity index (χ4v) is 3.20. The average molecular weight is 276 g/mol. The number of rotatable bonds is 5. The zero-order valence-corrected chi connectivity index (χ0v) is 10.8. The Morgan fingerprint density at radius 3 is 2.95 bits per heavy atom. The summed E-state index contributed by atoms with van der Waals surface area (Å²) in [5.41, 5.74) is 1.32. The van der Waals surface area contributed by atoms with Gasteiger partial charge in [0, 0.05) is 5.25 Å². The van der Waals surface area contributed by atoms with Crippen molar-refractivity contribution in [3.8, 4) is 0 Å². The van der Waals surface area contributed by atoms with E-state index in [1.165, 1.54) is 10.2 Å². The number of carboxylic acids is 1. The molecule has 1 saturated carbocycles. The van der Waals surface area contributed by atoms with Gasteiger partial charge in [0.2, 0.25) is 5.16 Å². The highest BCUT2D eigenvalue weighted by atomic mass is 32.2. The Kier molecular flexibility index (Phi) is 3.20. The third-order valence-electron chi connectivity index (χ3n) is 3.00. The minimum atomic E-state index is -0.940. The van der Waals surface area contributed by atoms with Gasteiger partial charge in [0.15, 0.2) is 0 Å². The second kappa shape index (κ2) is 5.00. The molecule has 19 heavy (non-hydrogen) atoms. The monoisotopic (exact) mass is 276 g/mol. The van der Waals surface area contributed by atoms with E-state index in [0.717, 1.165) is 6.42 Å². The van der Waals surface area contributed by atoms with Crippen molar-refractivity contribution in [1.29, 1.82) is 0 Å². The van der Waals surface area contributed by atoms with E-state index >= 15 is 0 Å². The van der Waals surface area contributed by atoms with Gasteiger partial charge in [-0.1, -0.05) is 42.1 Å². The van der Waals surface area contributed by atoms with Crippen LogP contribution in [0.3, 0.4) is 0 Å². The highest BCUT2D eigenvalue weighted by Gasteiger charge is 2.40. The molecule has 0 spiro atoms. The lowest BCUT2D eigenvalue weighted by Crippen LogP contribution is -2.11. The molecule has 0 aliphatic heterocycles. The summed E-state index contributed by atoms with van der Waals surface area (Å²) in [7, 11) is 0. The molecule has 6 nitrogen and oxygen atoms in total. The zero-order chi connectivity index (χ0) is 13.2. The first-order valence-corrected chi connectivity index (χ1v) is 6.81. The topological polar surface area (TPSA) is 80.9 Å². The van der Waals surface area contributed by atoms with Crippen molar-refractivity contribution >= 4 is 17.7 Å². The minimum Gasteiger partial charge on any atom is -0.480 e.